The second-order valence-corrected chi connectivity index (χ2v) is 4.07. The zero-order chi connectivity index (χ0) is 7.56. The number of aromatic nitrogens is 1. The zero-order valence-corrected chi connectivity index (χ0v) is 7.64. The van der Waals surface area contributed by atoms with E-state index in [9.17, 15) is 4.79 Å². The molecule has 1 aromatic rings. The number of nitrogens with one attached hydrogen (secondary N) is 1. The molecule has 0 saturated heterocycles. The second kappa shape index (κ2) is 3.15. The Morgan fingerprint density at radius 3 is 3.00 bits per heavy atom. The van der Waals surface area contributed by atoms with Gasteiger partial charge in [-0.1, -0.05) is 0 Å². The minimum atomic E-state index is -1.08. The Hall–Kier alpha value is -0.370. The van der Waals surface area contributed by atoms with E-state index in [1.165, 1.54) is 11.3 Å². The van der Waals surface area contributed by atoms with Crippen LogP contribution in [0.3, 0.4) is 0 Å². The quantitative estimate of drug-likeness (QED) is 0.765. The van der Waals surface area contributed by atoms with Crippen LogP contribution in [0.1, 0.15) is 0 Å². The number of rotatable bonds is 1. The monoisotopic (exact) mass is 270 g/mol. The van der Waals surface area contributed by atoms with E-state index < -0.39 is 6.09 Å². The van der Waals surface area contributed by atoms with Gasteiger partial charge in [-0.15, -0.1) is 11.3 Å². The molecule has 0 atom stereocenters. The lowest BCUT2D eigenvalue weighted by atomic mass is 10.8. The van der Waals surface area contributed by atoms with Crippen molar-refractivity contribution in [3.05, 3.63) is 8.39 Å². The number of carbonyl (C=O) groups is 1. The second-order valence-electron chi connectivity index (χ2n) is 1.40. The average molecular weight is 270 g/mol. The van der Waals surface area contributed by atoms with E-state index in [1.807, 2.05) is 22.6 Å². The van der Waals surface area contributed by atoms with Gasteiger partial charge in [0.2, 0.25) is 0 Å². The number of thiazole rings is 1. The maximum atomic E-state index is 10.1. The highest BCUT2D eigenvalue weighted by Crippen LogP contribution is 2.19. The van der Waals surface area contributed by atoms with Crippen molar-refractivity contribution >= 4 is 45.8 Å². The first-order valence-electron chi connectivity index (χ1n) is 2.29. The molecule has 0 saturated carbocycles. The Morgan fingerprint density at radius 1 is 1.90 bits per heavy atom. The highest BCUT2D eigenvalue weighted by Gasteiger charge is 2.04. The van der Waals surface area contributed by atoms with Gasteiger partial charge >= 0.3 is 6.09 Å². The van der Waals surface area contributed by atoms with Crippen molar-refractivity contribution in [3.63, 3.8) is 0 Å². The molecule has 0 aliphatic heterocycles. The van der Waals surface area contributed by atoms with Crippen molar-refractivity contribution in [2.45, 2.75) is 0 Å². The smallest absolute Gasteiger partial charge is 0.410 e. The molecule has 0 aliphatic rings. The van der Waals surface area contributed by atoms with Crippen molar-refractivity contribution in [1.29, 1.82) is 0 Å². The molecule has 1 aromatic heterocycles. The van der Waals surface area contributed by atoms with Gasteiger partial charge in [0.1, 0.15) is 2.88 Å². The van der Waals surface area contributed by atoms with E-state index in [4.69, 9.17) is 5.11 Å². The predicted octanol–water partition coefficient (Wildman–Crippen LogP) is 1.84. The summed E-state index contributed by atoms with van der Waals surface area (Å²) in [4.78, 5) is 13.8. The van der Waals surface area contributed by atoms with E-state index in [1.54, 1.807) is 5.51 Å². The van der Waals surface area contributed by atoms with Gasteiger partial charge in [0.05, 0.1) is 5.51 Å². The van der Waals surface area contributed by atoms with Gasteiger partial charge in [0, 0.05) is 0 Å². The average Bonchev–Trinajstić information content (AvgIpc) is 2.15. The molecule has 0 fully saturated rings. The summed E-state index contributed by atoms with van der Waals surface area (Å²) in [6.07, 6.45) is -1.08. The van der Waals surface area contributed by atoms with E-state index in [2.05, 4.69) is 10.3 Å². The molecule has 0 radical (unpaired) electrons. The van der Waals surface area contributed by atoms with Crippen molar-refractivity contribution in [3.8, 4) is 0 Å². The van der Waals surface area contributed by atoms with Gasteiger partial charge in [-0.25, -0.2) is 9.78 Å². The minimum Gasteiger partial charge on any atom is -0.465 e. The van der Waals surface area contributed by atoms with Crippen LogP contribution in [-0.2, 0) is 0 Å². The molecule has 0 aliphatic carbocycles. The molecule has 2 N–H and O–H groups in total. The molecule has 1 amide bonds. The number of nitrogens with zero attached hydrogens (tertiary/aromatic N) is 1. The lowest BCUT2D eigenvalue weighted by Crippen LogP contribution is -2.07. The first kappa shape index (κ1) is 7.73. The summed E-state index contributed by atoms with van der Waals surface area (Å²) >= 11 is 3.42. The molecule has 0 bridgehead atoms. The van der Waals surface area contributed by atoms with E-state index in [0.717, 1.165) is 2.88 Å². The third-order valence-electron chi connectivity index (χ3n) is 0.749. The van der Waals surface area contributed by atoms with Crippen LogP contribution >= 0.6 is 33.9 Å². The predicted molar refractivity (Wildman–Crippen MR) is 46.5 cm³/mol. The lowest BCUT2D eigenvalue weighted by Gasteiger charge is -1.92. The van der Waals surface area contributed by atoms with Crippen molar-refractivity contribution < 1.29 is 9.90 Å². The van der Waals surface area contributed by atoms with Gasteiger partial charge < -0.3 is 5.11 Å². The lowest BCUT2D eigenvalue weighted by molar-refractivity contribution is 0.209. The highest BCUT2D eigenvalue weighted by molar-refractivity contribution is 14.1. The van der Waals surface area contributed by atoms with Crippen LogP contribution < -0.4 is 5.32 Å². The van der Waals surface area contributed by atoms with E-state index in [-0.39, 0.29) is 0 Å². The van der Waals surface area contributed by atoms with Crippen LogP contribution in [0.15, 0.2) is 5.51 Å². The minimum absolute atomic E-state index is 0.415. The highest BCUT2D eigenvalue weighted by atomic mass is 127. The Morgan fingerprint density at radius 2 is 2.60 bits per heavy atom. The van der Waals surface area contributed by atoms with Gasteiger partial charge in [-0.3, -0.25) is 5.32 Å². The standard InChI is InChI=1S/C4H3IN2O2S/c5-2-3(6-1-10-2)7-4(8)9/h1,7H,(H,8,9). The van der Waals surface area contributed by atoms with Gasteiger partial charge in [-0.2, -0.15) is 0 Å². The Bertz CT molecular complexity index is 249. The van der Waals surface area contributed by atoms with Crippen LogP contribution in [0, 0.1) is 2.88 Å². The molecule has 6 heteroatoms. The third kappa shape index (κ3) is 1.81. The maximum absolute atomic E-state index is 10.1. The number of hydrogen-bond acceptors (Lipinski definition) is 3. The van der Waals surface area contributed by atoms with Crippen molar-refractivity contribution in [2.75, 3.05) is 5.32 Å². The molecule has 0 unspecified atom stereocenters. The molecule has 1 rings (SSSR count). The fraction of sp³-hybridized carbons (Fsp3) is 0. The van der Waals surface area contributed by atoms with Crippen LogP contribution in [0.4, 0.5) is 10.6 Å². The molecule has 0 aromatic carbocycles. The molecule has 0 spiro atoms. The summed E-state index contributed by atoms with van der Waals surface area (Å²) in [6.45, 7) is 0. The van der Waals surface area contributed by atoms with Gasteiger partial charge in [-0.05, 0) is 22.6 Å². The van der Waals surface area contributed by atoms with E-state index >= 15 is 0 Å². The molecular weight excluding hydrogens is 267 g/mol. The van der Waals surface area contributed by atoms with Crippen molar-refractivity contribution in [2.24, 2.45) is 0 Å². The summed E-state index contributed by atoms with van der Waals surface area (Å²) in [6, 6.07) is 0. The Kier molecular flexibility index (Phi) is 2.44. The number of anilines is 1. The molecule has 1 heterocycles. The fourth-order valence-electron chi connectivity index (χ4n) is 0.415. The van der Waals surface area contributed by atoms with Crippen LogP contribution in [0.25, 0.3) is 0 Å². The molecule has 4 nitrogen and oxygen atoms in total. The number of amides is 1. The fourth-order valence-corrected chi connectivity index (χ4v) is 1.50. The maximum Gasteiger partial charge on any atom is 0.410 e. The normalized spacial score (nSPS) is 9.30. The largest absolute Gasteiger partial charge is 0.465 e. The summed E-state index contributed by atoms with van der Waals surface area (Å²) in [5.74, 6) is 0.415. The number of hydrogen-bond donors (Lipinski definition) is 2. The Balaban J connectivity index is 2.74. The number of carboxylic acid groups (broad SMARTS) is 1. The van der Waals surface area contributed by atoms with Crippen molar-refractivity contribution in [1.82, 2.24) is 4.98 Å². The van der Waals surface area contributed by atoms with Crippen LogP contribution in [-0.4, -0.2) is 16.2 Å². The first-order chi connectivity index (χ1) is 4.70. The van der Waals surface area contributed by atoms with Crippen LogP contribution in [0.5, 0.6) is 0 Å². The summed E-state index contributed by atoms with van der Waals surface area (Å²) in [5.41, 5.74) is 1.59. The number of halogens is 1. The van der Waals surface area contributed by atoms with Gasteiger partial charge in [0.15, 0.2) is 5.82 Å². The third-order valence-corrected chi connectivity index (χ3v) is 2.63. The molecule has 54 valence electrons. The summed E-state index contributed by atoms with van der Waals surface area (Å²) in [7, 11) is 0. The van der Waals surface area contributed by atoms with E-state index in [0.29, 0.717) is 5.82 Å². The topological polar surface area (TPSA) is 62.2 Å². The summed E-state index contributed by atoms with van der Waals surface area (Å²) < 4.78 is 0.847. The SMILES string of the molecule is O=C(O)Nc1ncsc1I. The molecular formula is C4H3IN2O2S. The molecule has 10 heavy (non-hydrogen) atoms. The summed E-state index contributed by atoms with van der Waals surface area (Å²) in [5, 5.41) is 10.4. The zero-order valence-electron chi connectivity index (χ0n) is 4.67. The Labute approximate surface area is 74.4 Å². The first-order valence-corrected chi connectivity index (χ1v) is 4.25. The van der Waals surface area contributed by atoms with Crippen LogP contribution in [0.2, 0.25) is 0 Å². The van der Waals surface area contributed by atoms with Gasteiger partial charge in [0.25, 0.3) is 0 Å².